The first-order valence-electron chi connectivity index (χ1n) is 5.32. The molecule has 0 aromatic carbocycles. The van der Waals surface area contributed by atoms with Crippen LogP contribution in [0.2, 0.25) is 0 Å². The maximum atomic E-state index is 5.57. The Balaban J connectivity index is 1.93. The first-order chi connectivity index (χ1) is 5.74. The summed E-state index contributed by atoms with van der Waals surface area (Å²) in [6.45, 7) is 6.40. The lowest BCUT2D eigenvalue weighted by Crippen LogP contribution is -2.29. The summed E-state index contributed by atoms with van der Waals surface area (Å²) in [6, 6.07) is 0. The SMILES string of the molecule is CCOCC1(C)CC2CCC1C2. The average Bonchev–Trinajstić information content (AvgIpc) is 2.60. The van der Waals surface area contributed by atoms with E-state index in [1.807, 2.05) is 0 Å². The maximum absolute atomic E-state index is 5.57. The number of ether oxygens (including phenoxy) is 1. The largest absolute Gasteiger partial charge is 0.381 e. The fraction of sp³-hybridized carbons (Fsp3) is 1.00. The van der Waals surface area contributed by atoms with Gasteiger partial charge in [0.05, 0.1) is 6.61 Å². The van der Waals surface area contributed by atoms with Crippen LogP contribution in [0.1, 0.15) is 39.5 Å². The Morgan fingerprint density at radius 1 is 1.42 bits per heavy atom. The number of hydrogen-bond donors (Lipinski definition) is 0. The predicted octanol–water partition coefficient (Wildman–Crippen LogP) is 2.85. The highest BCUT2D eigenvalue weighted by Crippen LogP contribution is 2.55. The summed E-state index contributed by atoms with van der Waals surface area (Å²) in [5.74, 6) is 2.02. The highest BCUT2D eigenvalue weighted by atomic mass is 16.5. The van der Waals surface area contributed by atoms with Gasteiger partial charge in [0.15, 0.2) is 0 Å². The third-order valence-corrected chi connectivity index (χ3v) is 3.92. The lowest BCUT2D eigenvalue weighted by Gasteiger charge is -2.33. The molecule has 0 heterocycles. The van der Waals surface area contributed by atoms with Gasteiger partial charge in [-0.25, -0.2) is 0 Å². The average molecular weight is 168 g/mol. The fourth-order valence-electron chi connectivity index (χ4n) is 3.23. The molecule has 3 unspecified atom stereocenters. The van der Waals surface area contributed by atoms with Gasteiger partial charge in [-0.3, -0.25) is 0 Å². The zero-order chi connectivity index (χ0) is 8.60. The molecule has 2 bridgehead atoms. The Hall–Kier alpha value is -0.0400. The van der Waals surface area contributed by atoms with Crippen LogP contribution in [0.3, 0.4) is 0 Å². The minimum absolute atomic E-state index is 0.541. The van der Waals surface area contributed by atoms with Crippen LogP contribution in [0.15, 0.2) is 0 Å². The van der Waals surface area contributed by atoms with Gasteiger partial charge in [0.2, 0.25) is 0 Å². The fourth-order valence-corrected chi connectivity index (χ4v) is 3.23. The monoisotopic (exact) mass is 168 g/mol. The molecule has 0 aromatic heterocycles. The molecule has 12 heavy (non-hydrogen) atoms. The summed E-state index contributed by atoms with van der Waals surface area (Å²) in [4.78, 5) is 0. The van der Waals surface area contributed by atoms with Gasteiger partial charge in [0.25, 0.3) is 0 Å². The van der Waals surface area contributed by atoms with Crippen molar-refractivity contribution in [2.75, 3.05) is 13.2 Å². The molecule has 1 heteroatoms. The van der Waals surface area contributed by atoms with Gasteiger partial charge in [-0.15, -0.1) is 0 Å². The highest BCUT2D eigenvalue weighted by molar-refractivity contribution is 4.97. The number of rotatable bonds is 3. The molecule has 1 nitrogen and oxygen atoms in total. The summed E-state index contributed by atoms with van der Waals surface area (Å²) in [5, 5.41) is 0. The van der Waals surface area contributed by atoms with Crippen molar-refractivity contribution in [1.29, 1.82) is 0 Å². The van der Waals surface area contributed by atoms with Crippen LogP contribution in [0.5, 0.6) is 0 Å². The van der Waals surface area contributed by atoms with Gasteiger partial charge in [0.1, 0.15) is 0 Å². The van der Waals surface area contributed by atoms with E-state index < -0.39 is 0 Å². The van der Waals surface area contributed by atoms with Crippen molar-refractivity contribution in [3.05, 3.63) is 0 Å². The van der Waals surface area contributed by atoms with E-state index in [0.29, 0.717) is 5.41 Å². The molecular formula is C11H20O. The van der Waals surface area contributed by atoms with Gasteiger partial charge in [-0.05, 0) is 43.4 Å². The van der Waals surface area contributed by atoms with Crippen LogP contribution in [0, 0.1) is 17.3 Å². The molecule has 0 amide bonds. The van der Waals surface area contributed by atoms with E-state index in [1.165, 1.54) is 25.7 Å². The summed E-state index contributed by atoms with van der Waals surface area (Å²) in [5.41, 5.74) is 0.541. The van der Waals surface area contributed by atoms with Crippen molar-refractivity contribution < 1.29 is 4.74 Å². The topological polar surface area (TPSA) is 9.23 Å². The predicted molar refractivity (Wildman–Crippen MR) is 50.0 cm³/mol. The second kappa shape index (κ2) is 3.02. The van der Waals surface area contributed by atoms with E-state index >= 15 is 0 Å². The van der Waals surface area contributed by atoms with Gasteiger partial charge in [-0.2, -0.15) is 0 Å². The molecule has 0 aromatic rings. The van der Waals surface area contributed by atoms with E-state index in [1.54, 1.807) is 0 Å². The maximum Gasteiger partial charge on any atom is 0.0522 e. The number of hydrogen-bond acceptors (Lipinski definition) is 1. The third-order valence-electron chi connectivity index (χ3n) is 3.92. The van der Waals surface area contributed by atoms with Gasteiger partial charge < -0.3 is 4.74 Å². The minimum atomic E-state index is 0.541. The summed E-state index contributed by atoms with van der Waals surface area (Å²) >= 11 is 0. The lowest BCUT2D eigenvalue weighted by atomic mass is 9.75. The Kier molecular flexibility index (Phi) is 2.16. The standard InChI is InChI=1S/C11H20O/c1-3-12-8-11(2)7-9-4-5-10(11)6-9/h9-10H,3-8H2,1-2H3. The Labute approximate surface area is 75.5 Å². The molecule has 0 radical (unpaired) electrons. The summed E-state index contributed by atoms with van der Waals surface area (Å²) in [6.07, 6.45) is 5.88. The van der Waals surface area contributed by atoms with Crippen molar-refractivity contribution >= 4 is 0 Å². The van der Waals surface area contributed by atoms with Crippen molar-refractivity contribution in [3.63, 3.8) is 0 Å². The number of fused-ring (bicyclic) bond motifs is 2. The van der Waals surface area contributed by atoms with Gasteiger partial charge in [0, 0.05) is 6.61 Å². The van der Waals surface area contributed by atoms with Crippen molar-refractivity contribution in [1.82, 2.24) is 0 Å². The Morgan fingerprint density at radius 3 is 2.75 bits per heavy atom. The van der Waals surface area contributed by atoms with E-state index in [-0.39, 0.29) is 0 Å². The minimum Gasteiger partial charge on any atom is -0.381 e. The zero-order valence-corrected chi connectivity index (χ0v) is 8.31. The Morgan fingerprint density at radius 2 is 2.25 bits per heavy atom. The van der Waals surface area contributed by atoms with Crippen LogP contribution in [-0.4, -0.2) is 13.2 Å². The summed E-state index contributed by atoms with van der Waals surface area (Å²) in [7, 11) is 0. The first-order valence-corrected chi connectivity index (χ1v) is 5.32. The normalized spacial score (nSPS) is 45.5. The molecule has 2 aliphatic carbocycles. The molecule has 0 saturated heterocycles. The van der Waals surface area contributed by atoms with Crippen molar-refractivity contribution in [3.8, 4) is 0 Å². The van der Waals surface area contributed by atoms with Crippen LogP contribution in [0.4, 0.5) is 0 Å². The van der Waals surface area contributed by atoms with E-state index in [4.69, 9.17) is 4.74 Å². The lowest BCUT2D eigenvalue weighted by molar-refractivity contribution is 0.0264. The second-order valence-electron chi connectivity index (χ2n) is 4.87. The molecule has 0 spiro atoms. The second-order valence-corrected chi connectivity index (χ2v) is 4.87. The van der Waals surface area contributed by atoms with Crippen LogP contribution in [0.25, 0.3) is 0 Å². The highest BCUT2D eigenvalue weighted by Gasteiger charge is 2.47. The molecule has 2 fully saturated rings. The van der Waals surface area contributed by atoms with E-state index in [0.717, 1.165) is 25.0 Å². The molecule has 0 aliphatic heterocycles. The molecule has 70 valence electrons. The smallest absolute Gasteiger partial charge is 0.0522 e. The van der Waals surface area contributed by atoms with Crippen LogP contribution in [-0.2, 0) is 4.74 Å². The van der Waals surface area contributed by atoms with Crippen LogP contribution < -0.4 is 0 Å². The molecule has 2 aliphatic rings. The van der Waals surface area contributed by atoms with E-state index in [2.05, 4.69) is 13.8 Å². The zero-order valence-electron chi connectivity index (χ0n) is 8.31. The van der Waals surface area contributed by atoms with Crippen molar-refractivity contribution in [2.24, 2.45) is 17.3 Å². The van der Waals surface area contributed by atoms with Crippen LogP contribution >= 0.6 is 0 Å². The molecule has 2 saturated carbocycles. The van der Waals surface area contributed by atoms with E-state index in [9.17, 15) is 0 Å². The van der Waals surface area contributed by atoms with Crippen molar-refractivity contribution in [2.45, 2.75) is 39.5 Å². The summed E-state index contributed by atoms with van der Waals surface area (Å²) < 4.78 is 5.57. The van der Waals surface area contributed by atoms with Gasteiger partial charge >= 0.3 is 0 Å². The molecular weight excluding hydrogens is 148 g/mol. The molecule has 2 rings (SSSR count). The van der Waals surface area contributed by atoms with Gasteiger partial charge in [-0.1, -0.05) is 13.3 Å². The molecule has 3 atom stereocenters. The first kappa shape index (κ1) is 8.55. The third kappa shape index (κ3) is 1.28. The Bertz CT molecular complexity index is 166. The quantitative estimate of drug-likeness (QED) is 0.629. The molecule has 0 N–H and O–H groups in total.